The Bertz CT molecular complexity index is 1170. The number of nitrogen functional groups attached to an aromatic ring is 2. The fraction of sp³-hybridized carbons (Fsp3) is 0.545. The predicted octanol–water partition coefficient (Wildman–Crippen LogP) is -3.92. The first kappa shape index (κ1) is 26.1. The molecular formula is C11H15N6O13P3-4. The van der Waals surface area contributed by atoms with Crippen LogP contribution in [-0.4, -0.2) is 56.7 Å². The first-order valence-corrected chi connectivity index (χ1v) is 12.8. The van der Waals surface area contributed by atoms with Crippen LogP contribution in [0.3, 0.4) is 0 Å². The number of anilines is 2. The van der Waals surface area contributed by atoms with Gasteiger partial charge >= 0.3 is 0 Å². The van der Waals surface area contributed by atoms with Crippen molar-refractivity contribution in [2.75, 3.05) is 25.2 Å². The van der Waals surface area contributed by atoms with Crippen LogP contribution in [0.2, 0.25) is 0 Å². The van der Waals surface area contributed by atoms with Crippen LogP contribution in [0.4, 0.5) is 11.8 Å². The van der Waals surface area contributed by atoms with Gasteiger partial charge in [-0.1, -0.05) is 0 Å². The number of aromatic nitrogens is 4. The van der Waals surface area contributed by atoms with Gasteiger partial charge < -0.3 is 54.7 Å². The summed E-state index contributed by atoms with van der Waals surface area (Å²) in [5, 5.41) is 10.4. The van der Waals surface area contributed by atoms with Crippen LogP contribution in [0.5, 0.6) is 0 Å². The monoisotopic (exact) mass is 532 g/mol. The first-order chi connectivity index (χ1) is 15.1. The number of methoxy groups -OCH3 is 1. The highest BCUT2D eigenvalue weighted by Crippen LogP contribution is 2.60. The minimum atomic E-state index is -6.14. The molecule has 0 spiro atoms. The molecule has 3 rings (SSSR count). The fourth-order valence-corrected chi connectivity index (χ4v) is 5.79. The van der Waals surface area contributed by atoms with Crippen molar-refractivity contribution in [1.29, 1.82) is 0 Å². The van der Waals surface area contributed by atoms with Gasteiger partial charge in [-0.05, 0) is 0 Å². The van der Waals surface area contributed by atoms with Crippen molar-refractivity contribution in [3.63, 3.8) is 0 Å². The summed E-state index contributed by atoms with van der Waals surface area (Å²) in [5.74, 6) is -0.235. The van der Waals surface area contributed by atoms with Gasteiger partial charge in [0.2, 0.25) is 5.95 Å². The lowest BCUT2D eigenvalue weighted by Crippen LogP contribution is -2.35. The molecule has 186 valence electrons. The highest BCUT2D eigenvalue weighted by Gasteiger charge is 2.46. The Morgan fingerprint density at radius 2 is 1.82 bits per heavy atom. The van der Waals surface area contributed by atoms with E-state index in [-0.39, 0.29) is 22.9 Å². The molecule has 33 heavy (non-hydrogen) atoms. The molecule has 22 heteroatoms. The molecule has 0 amide bonds. The van der Waals surface area contributed by atoms with Crippen molar-refractivity contribution in [3.8, 4) is 0 Å². The molecule has 5 N–H and O–H groups in total. The molecule has 1 saturated heterocycles. The molecule has 3 heterocycles. The third-order valence-electron chi connectivity index (χ3n) is 4.12. The van der Waals surface area contributed by atoms with Crippen molar-refractivity contribution in [2.45, 2.75) is 24.5 Å². The van der Waals surface area contributed by atoms with E-state index < -0.39 is 54.6 Å². The molecule has 1 fully saturated rings. The van der Waals surface area contributed by atoms with Gasteiger partial charge in [0.05, 0.1) is 20.8 Å². The van der Waals surface area contributed by atoms with Gasteiger partial charge in [0, 0.05) is 7.11 Å². The van der Waals surface area contributed by atoms with E-state index in [0.29, 0.717) is 0 Å². The predicted molar refractivity (Wildman–Crippen MR) is 95.8 cm³/mol. The summed E-state index contributed by atoms with van der Waals surface area (Å²) >= 11 is 0. The minimum Gasteiger partial charge on any atom is -0.790 e. The van der Waals surface area contributed by atoms with Crippen LogP contribution >= 0.6 is 23.5 Å². The summed E-state index contributed by atoms with van der Waals surface area (Å²) in [6, 6.07) is 0. The Kier molecular flexibility index (Phi) is 7.29. The maximum absolute atomic E-state index is 11.7. The topological polar surface area (TPSA) is 305 Å². The number of aliphatic hydroxyl groups excluding tert-OH is 1. The molecule has 0 saturated carbocycles. The normalized spacial score (nSPS) is 27.5. The second kappa shape index (κ2) is 9.24. The number of phosphoric ester groups is 1. The lowest BCUT2D eigenvalue weighted by Gasteiger charge is -2.37. The zero-order valence-corrected chi connectivity index (χ0v) is 18.9. The number of rotatable bonds is 9. The second-order valence-corrected chi connectivity index (χ2v) is 10.6. The zero-order chi connectivity index (χ0) is 24.8. The zero-order valence-electron chi connectivity index (χ0n) is 16.2. The van der Waals surface area contributed by atoms with E-state index in [2.05, 4.69) is 28.1 Å². The number of aliphatic hydroxyl groups is 1. The van der Waals surface area contributed by atoms with Crippen LogP contribution < -0.4 is 31.0 Å². The summed E-state index contributed by atoms with van der Waals surface area (Å²) in [6.07, 6.45) is -4.06. The van der Waals surface area contributed by atoms with Gasteiger partial charge in [0.1, 0.15) is 23.8 Å². The van der Waals surface area contributed by atoms with Crippen LogP contribution in [0.15, 0.2) is 6.33 Å². The van der Waals surface area contributed by atoms with E-state index in [9.17, 15) is 38.4 Å². The lowest BCUT2D eigenvalue weighted by atomic mass is 10.1. The van der Waals surface area contributed by atoms with Gasteiger partial charge in [-0.25, -0.2) is 9.29 Å². The molecule has 1 aliphatic rings. The standard InChI is InChI=1S/C11H19N6O13P3/c1-26-7-6(18)4(2-27-32(22,23)30-33(24,25)29-31(19,20)21)28-10(7)17-3-14-5-8(12)15-11(13)16-9(5)17/h3-4,6-7,10,18H,2H2,1H3,(H,22,23)(H,24,25)(H2,19,20,21)(H4,12,13,15,16)/p-4. The van der Waals surface area contributed by atoms with Crippen molar-refractivity contribution in [1.82, 2.24) is 19.5 Å². The van der Waals surface area contributed by atoms with Crippen LogP contribution in [0.1, 0.15) is 6.23 Å². The number of ether oxygens (including phenoxy) is 2. The maximum Gasteiger partial charge on any atom is 0.278 e. The number of nitrogens with two attached hydrogens (primary N) is 2. The van der Waals surface area contributed by atoms with Gasteiger partial charge in [-0.15, -0.1) is 0 Å². The SMILES string of the molecule is COC1C(O)C(COP(=O)([O-])OP(=O)([O-])OP(=O)([O-])[O-])OC1n1cnc2c(N)nc(N)nc21. The molecule has 0 aliphatic carbocycles. The van der Waals surface area contributed by atoms with E-state index in [1.807, 2.05) is 0 Å². The Labute approximate surface area is 183 Å². The smallest absolute Gasteiger partial charge is 0.278 e. The van der Waals surface area contributed by atoms with E-state index >= 15 is 0 Å². The lowest BCUT2D eigenvalue weighted by molar-refractivity contribution is -0.339. The highest BCUT2D eigenvalue weighted by atomic mass is 31.3. The third kappa shape index (κ3) is 6.12. The quantitative estimate of drug-likeness (QED) is 0.260. The summed E-state index contributed by atoms with van der Waals surface area (Å²) in [5.41, 5.74) is 11.6. The van der Waals surface area contributed by atoms with Gasteiger partial charge in [-0.3, -0.25) is 18.0 Å². The second-order valence-electron chi connectivity index (χ2n) is 6.35. The van der Waals surface area contributed by atoms with E-state index in [1.54, 1.807) is 0 Å². The Morgan fingerprint density at radius 3 is 2.42 bits per heavy atom. The maximum atomic E-state index is 11.7. The van der Waals surface area contributed by atoms with Crippen molar-refractivity contribution in [2.24, 2.45) is 0 Å². The Hall–Kier alpha value is -1.56. The Balaban J connectivity index is 1.75. The third-order valence-corrected chi connectivity index (χ3v) is 7.79. The minimum absolute atomic E-state index is 0.0435. The Morgan fingerprint density at radius 1 is 1.15 bits per heavy atom. The van der Waals surface area contributed by atoms with Gasteiger partial charge in [0.15, 0.2) is 17.7 Å². The largest absolute Gasteiger partial charge is 0.790 e. The van der Waals surface area contributed by atoms with Crippen molar-refractivity contribution < 1.29 is 61.0 Å². The number of nitrogens with zero attached hydrogens (tertiary/aromatic N) is 4. The van der Waals surface area contributed by atoms with E-state index in [1.165, 1.54) is 18.0 Å². The summed E-state index contributed by atoms with van der Waals surface area (Å²) in [7, 11) is -16.9. The number of hydrogen-bond donors (Lipinski definition) is 3. The number of hydrogen-bond acceptors (Lipinski definition) is 18. The summed E-state index contributed by atoms with van der Waals surface area (Å²) < 4.78 is 56.2. The molecule has 6 unspecified atom stereocenters. The first-order valence-electron chi connectivity index (χ1n) is 8.45. The summed E-state index contributed by atoms with van der Waals surface area (Å²) in [6.45, 7) is -1.02. The number of imidazole rings is 1. The van der Waals surface area contributed by atoms with E-state index in [4.69, 9.17) is 20.9 Å². The molecule has 0 aromatic carbocycles. The average Bonchev–Trinajstić information content (AvgIpc) is 3.17. The molecule has 6 atom stereocenters. The van der Waals surface area contributed by atoms with Gasteiger partial charge in [-0.2, -0.15) is 9.97 Å². The van der Waals surface area contributed by atoms with Crippen molar-refractivity contribution >= 4 is 46.4 Å². The molecule has 1 aliphatic heterocycles. The van der Waals surface area contributed by atoms with Crippen LogP contribution in [-0.2, 0) is 36.3 Å². The molecular weight excluding hydrogens is 517 g/mol. The molecule has 2 aromatic heterocycles. The number of phosphoric acid groups is 3. The molecule has 19 nitrogen and oxygen atoms in total. The number of fused-ring (bicyclic) bond motifs is 1. The molecule has 0 bridgehead atoms. The molecule has 0 radical (unpaired) electrons. The average molecular weight is 532 g/mol. The van der Waals surface area contributed by atoms with Crippen molar-refractivity contribution in [3.05, 3.63) is 6.33 Å². The van der Waals surface area contributed by atoms with Crippen LogP contribution in [0.25, 0.3) is 11.2 Å². The van der Waals surface area contributed by atoms with Gasteiger partial charge in [0.25, 0.3) is 15.6 Å². The molecule has 2 aromatic rings. The van der Waals surface area contributed by atoms with Crippen LogP contribution in [0, 0.1) is 0 Å². The fourth-order valence-electron chi connectivity index (χ4n) is 2.93. The summed E-state index contributed by atoms with van der Waals surface area (Å²) in [4.78, 5) is 55.4. The van der Waals surface area contributed by atoms with E-state index in [0.717, 1.165) is 0 Å². The highest BCUT2D eigenvalue weighted by molar-refractivity contribution is 7.64.